The third-order valence-electron chi connectivity index (χ3n) is 4.67. The molecular formula is C24H20N4O3. The standard InChI is InChI=1S/C24H20N4O3/c1-2-31-24(30)20-14-26-23-21(20)22(27-15-28-23)17-7-5-6-16(12-17)13-19(29)10-9-18-8-3-4-11-25-18/h3-12,14-15H,2,13H2,1H3,(H,26,27,28)/b10-9+. The Morgan fingerprint density at radius 2 is 2.00 bits per heavy atom. The van der Waals surface area contributed by atoms with E-state index >= 15 is 0 Å². The molecule has 0 aliphatic rings. The van der Waals surface area contributed by atoms with Crippen LogP contribution in [0.2, 0.25) is 0 Å². The molecule has 4 aromatic rings. The number of aromatic nitrogens is 4. The summed E-state index contributed by atoms with van der Waals surface area (Å²) in [6, 6.07) is 13.1. The van der Waals surface area contributed by atoms with Gasteiger partial charge in [0, 0.05) is 24.4 Å². The predicted octanol–water partition coefficient (Wildman–Crippen LogP) is 4.02. The molecule has 1 N–H and O–H groups in total. The Hall–Kier alpha value is -4.13. The second kappa shape index (κ2) is 9.13. The summed E-state index contributed by atoms with van der Waals surface area (Å²) in [5.41, 5.74) is 3.89. The number of carbonyl (C=O) groups excluding carboxylic acids is 2. The number of nitrogens with one attached hydrogen (secondary N) is 1. The summed E-state index contributed by atoms with van der Waals surface area (Å²) in [7, 11) is 0. The van der Waals surface area contributed by atoms with E-state index in [1.54, 1.807) is 25.4 Å². The lowest BCUT2D eigenvalue weighted by Gasteiger charge is -2.07. The van der Waals surface area contributed by atoms with Crippen LogP contribution in [-0.2, 0) is 16.0 Å². The summed E-state index contributed by atoms with van der Waals surface area (Å²) < 4.78 is 5.15. The number of nitrogens with zero attached hydrogens (tertiary/aromatic N) is 3. The topological polar surface area (TPSA) is 97.8 Å². The highest BCUT2D eigenvalue weighted by Gasteiger charge is 2.19. The Labute approximate surface area is 178 Å². The lowest BCUT2D eigenvalue weighted by Crippen LogP contribution is -2.04. The van der Waals surface area contributed by atoms with Crippen molar-refractivity contribution < 1.29 is 14.3 Å². The maximum atomic E-state index is 12.4. The highest BCUT2D eigenvalue weighted by Crippen LogP contribution is 2.29. The summed E-state index contributed by atoms with van der Waals surface area (Å²) in [6.07, 6.45) is 8.17. The zero-order valence-corrected chi connectivity index (χ0v) is 16.9. The van der Waals surface area contributed by atoms with Crippen molar-refractivity contribution in [3.63, 3.8) is 0 Å². The number of fused-ring (bicyclic) bond motifs is 1. The number of hydrogen-bond acceptors (Lipinski definition) is 6. The van der Waals surface area contributed by atoms with Crippen molar-refractivity contribution in [1.82, 2.24) is 19.9 Å². The van der Waals surface area contributed by atoms with Gasteiger partial charge in [-0.25, -0.2) is 14.8 Å². The minimum atomic E-state index is -0.434. The van der Waals surface area contributed by atoms with Crippen LogP contribution in [-0.4, -0.2) is 38.3 Å². The Balaban J connectivity index is 1.62. The molecule has 0 saturated carbocycles. The fourth-order valence-corrected chi connectivity index (χ4v) is 3.29. The van der Waals surface area contributed by atoms with Crippen molar-refractivity contribution in [1.29, 1.82) is 0 Å². The SMILES string of the molecule is CCOC(=O)c1c[nH]c2ncnc(-c3cccc(CC(=O)/C=C/c4ccccn4)c3)c12. The minimum Gasteiger partial charge on any atom is -0.462 e. The van der Waals surface area contributed by atoms with Crippen LogP contribution in [0.1, 0.15) is 28.5 Å². The van der Waals surface area contributed by atoms with Crippen molar-refractivity contribution in [2.24, 2.45) is 0 Å². The molecule has 7 heteroatoms. The van der Waals surface area contributed by atoms with Crippen molar-refractivity contribution in [3.05, 3.63) is 84.1 Å². The molecule has 0 aliphatic heterocycles. The van der Waals surface area contributed by atoms with Crippen LogP contribution in [0.4, 0.5) is 0 Å². The number of pyridine rings is 1. The molecule has 3 heterocycles. The smallest absolute Gasteiger partial charge is 0.340 e. The number of esters is 1. The zero-order valence-electron chi connectivity index (χ0n) is 16.9. The van der Waals surface area contributed by atoms with Crippen LogP contribution in [0, 0.1) is 0 Å². The molecule has 0 spiro atoms. The van der Waals surface area contributed by atoms with E-state index in [1.807, 2.05) is 42.5 Å². The molecule has 1 aromatic carbocycles. The first-order valence-electron chi connectivity index (χ1n) is 9.86. The molecule has 4 rings (SSSR count). The number of H-pyrrole nitrogens is 1. The van der Waals surface area contributed by atoms with Crippen LogP contribution < -0.4 is 0 Å². The number of rotatable bonds is 7. The average Bonchev–Trinajstić information content (AvgIpc) is 3.23. The Kier molecular flexibility index (Phi) is 5.93. The molecule has 0 fully saturated rings. The second-order valence-corrected chi connectivity index (χ2v) is 6.80. The van der Waals surface area contributed by atoms with Crippen molar-refractivity contribution in [3.8, 4) is 11.3 Å². The van der Waals surface area contributed by atoms with E-state index in [4.69, 9.17) is 4.74 Å². The zero-order chi connectivity index (χ0) is 21.6. The van der Waals surface area contributed by atoms with Gasteiger partial charge in [0.15, 0.2) is 5.78 Å². The third-order valence-corrected chi connectivity index (χ3v) is 4.67. The van der Waals surface area contributed by atoms with Gasteiger partial charge in [-0.05, 0) is 42.8 Å². The van der Waals surface area contributed by atoms with E-state index < -0.39 is 5.97 Å². The first-order valence-corrected chi connectivity index (χ1v) is 9.86. The summed E-state index contributed by atoms with van der Waals surface area (Å²) in [5.74, 6) is -0.472. The number of ether oxygens (including phenoxy) is 1. The molecule has 7 nitrogen and oxygen atoms in total. The Morgan fingerprint density at radius 1 is 1.10 bits per heavy atom. The summed E-state index contributed by atoms with van der Waals surface area (Å²) in [5, 5.41) is 0.597. The molecule has 0 amide bonds. The number of benzene rings is 1. The van der Waals surface area contributed by atoms with Crippen LogP contribution in [0.5, 0.6) is 0 Å². The van der Waals surface area contributed by atoms with Crippen LogP contribution in [0.15, 0.2) is 67.3 Å². The van der Waals surface area contributed by atoms with Crippen LogP contribution in [0.3, 0.4) is 0 Å². The molecule has 0 aliphatic carbocycles. The van der Waals surface area contributed by atoms with Crippen LogP contribution >= 0.6 is 0 Å². The maximum Gasteiger partial charge on any atom is 0.340 e. The van der Waals surface area contributed by atoms with Gasteiger partial charge in [0.2, 0.25) is 0 Å². The van der Waals surface area contributed by atoms with Gasteiger partial charge in [-0.2, -0.15) is 0 Å². The molecule has 0 saturated heterocycles. The number of hydrogen-bond donors (Lipinski definition) is 1. The van der Waals surface area contributed by atoms with Gasteiger partial charge in [-0.15, -0.1) is 0 Å². The third kappa shape index (κ3) is 4.56. The van der Waals surface area contributed by atoms with Crippen molar-refractivity contribution in [2.75, 3.05) is 6.61 Å². The second-order valence-electron chi connectivity index (χ2n) is 6.80. The Bertz CT molecular complexity index is 1260. The average molecular weight is 412 g/mol. The first-order chi connectivity index (χ1) is 15.2. The van der Waals surface area contributed by atoms with Gasteiger partial charge >= 0.3 is 5.97 Å². The van der Waals surface area contributed by atoms with E-state index in [0.717, 1.165) is 16.8 Å². The van der Waals surface area contributed by atoms with Gasteiger partial charge in [-0.3, -0.25) is 9.78 Å². The van der Waals surface area contributed by atoms with E-state index in [-0.39, 0.29) is 18.8 Å². The summed E-state index contributed by atoms with van der Waals surface area (Å²) in [6.45, 7) is 2.03. The fourth-order valence-electron chi connectivity index (χ4n) is 3.29. The molecular weight excluding hydrogens is 392 g/mol. The van der Waals surface area contributed by atoms with Gasteiger partial charge in [-0.1, -0.05) is 24.3 Å². The molecule has 0 radical (unpaired) electrons. The van der Waals surface area contributed by atoms with E-state index in [1.165, 1.54) is 12.4 Å². The maximum absolute atomic E-state index is 12.4. The normalized spacial score (nSPS) is 11.1. The number of ketones is 1. The molecule has 0 unspecified atom stereocenters. The van der Waals surface area contributed by atoms with Crippen molar-refractivity contribution >= 4 is 28.9 Å². The highest BCUT2D eigenvalue weighted by molar-refractivity contribution is 6.08. The lowest BCUT2D eigenvalue weighted by atomic mass is 10.0. The van der Waals surface area contributed by atoms with Gasteiger partial charge in [0.1, 0.15) is 12.0 Å². The summed E-state index contributed by atoms with van der Waals surface area (Å²) in [4.78, 5) is 40.5. The summed E-state index contributed by atoms with van der Waals surface area (Å²) >= 11 is 0. The van der Waals surface area contributed by atoms with Crippen LogP contribution in [0.25, 0.3) is 28.4 Å². The monoisotopic (exact) mass is 412 g/mol. The van der Waals surface area contributed by atoms with E-state index in [2.05, 4.69) is 19.9 Å². The molecule has 0 bridgehead atoms. The number of allylic oxidation sites excluding steroid dienone is 1. The van der Waals surface area contributed by atoms with E-state index in [0.29, 0.717) is 22.3 Å². The molecule has 0 atom stereocenters. The first kappa shape index (κ1) is 20.2. The van der Waals surface area contributed by atoms with Gasteiger partial charge < -0.3 is 9.72 Å². The molecule has 154 valence electrons. The van der Waals surface area contributed by atoms with E-state index in [9.17, 15) is 9.59 Å². The molecule has 31 heavy (non-hydrogen) atoms. The fraction of sp³-hybridized carbons (Fsp3) is 0.125. The Morgan fingerprint density at radius 3 is 2.81 bits per heavy atom. The molecule has 3 aromatic heterocycles. The van der Waals surface area contributed by atoms with Gasteiger partial charge in [0.25, 0.3) is 0 Å². The number of carbonyl (C=O) groups is 2. The largest absolute Gasteiger partial charge is 0.462 e. The highest BCUT2D eigenvalue weighted by atomic mass is 16.5. The quantitative estimate of drug-likeness (QED) is 0.364. The predicted molar refractivity (Wildman–Crippen MR) is 117 cm³/mol. The lowest BCUT2D eigenvalue weighted by molar-refractivity contribution is -0.113. The van der Waals surface area contributed by atoms with Crippen molar-refractivity contribution in [2.45, 2.75) is 13.3 Å². The van der Waals surface area contributed by atoms with Gasteiger partial charge in [0.05, 0.1) is 28.9 Å². The minimum absolute atomic E-state index is 0.0375. The number of aromatic amines is 1.